The maximum atomic E-state index is 12.2. The van der Waals surface area contributed by atoms with Crippen molar-refractivity contribution in [3.63, 3.8) is 0 Å². The number of ketones is 1. The molecule has 0 saturated heterocycles. The van der Waals surface area contributed by atoms with Gasteiger partial charge in [0.1, 0.15) is 0 Å². The summed E-state index contributed by atoms with van der Waals surface area (Å²) in [6, 6.07) is 10.8. The number of benzene rings is 1. The first-order valence-electron chi connectivity index (χ1n) is 7.19. The molecule has 1 fully saturated rings. The lowest BCUT2D eigenvalue weighted by Crippen LogP contribution is -2.26. The van der Waals surface area contributed by atoms with E-state index in [0.29, 0.717) is 12.5 Å². The quantitative estimate of drug-likeness (QED) is 0.728. The lowest BCUT2D eigenvalue weighted by atomic mass is 10.1. The van der Waals surface area contributed by atoms with Crippen molar-refractivity contribution in [3.05, 3.63) is 52.2 Å². The lowest BCUT2D eigenvalue weighted by molar-refractivity contribution is 0.0988. The third-order valence-corrected chi connectivity index (χ3v) is 4.49. The van der Waals surface area contributed by atoms with E-state index in [1.807, 2.05) is 25.1 Å². The van der Waals surface area contributed by atoms with Gasteiger partial charge in [-0.15, -0.1) is 0 Å². The molecule has 0 atom stereocenters. The average Bonchev–Trinajstić information content (AvgIpc) is 3.20. The van der Waals surface area contributed by atoms with E-state index in [-0.39, 0.29) is 5.78 Å². The summed E-state index contributed by atoms with van der Waals surface area (Å²) < 4.78 is 0. The second kappa shape index (κ2) is 5.80. The molecule has 1 aliphatic carbocycles. The highest BCUT2D eigenvalue weighted by Gasteiger charge is 2.31. The van der Waals surface area contributed by atoms with Crippen LogP contribution in [0, 0.1) is 0 Å². The Balaban J connectivity index is 1.93. The van der Waals surface area contributed by atoms with Crippen LogP contribution in [0.15, 0.2) is 41.1 Å². The summed E-state index contributed by atoms with van der Waals surface area (Å²) in [6.07, 6.45) is 3.03. The number of nitrogens with zero attached hydrogens (tertiary/aromatic N) is 1. The van der Waals surface area contributed by atoms with Crippen LogP contribution in [0.25, 0.3) is 0 Å². The van der Waals surface area contributed by atoms with Crippen LogP contribution >= 0.6 is 11.3 Å². The molecule has 0 unspecified atom stereocenters. The summed E-state index contributed by atoms with van der Waals surface area (Å²) in [6.45, 7) is 2.83. The fourth-order valence-corrected chi connectivity index (χ4v) is 3.19. The topological polar surface area (TPSA) is 20.3 Å². The first-order valence-corrected chi connectivity index (χ1v) is 8.14. The fourth-order valence-electron chi connectivity index (χ4n) is 2.53. The van der Waals surface area contributed by atoms with Crippen molar-refractivity contribution in [1.29, 1.82) is 0 Å². The number of Topliss-reactive ketones (excluding diaryl/α,β-unsaturated/α-hetero) is 1. The Hall–Kier alpha value is -1.61. The highest BCUT2D eigenvalue weighted by molar-refractivity contribution is 7.07. The molecular weight excluding hydrogens is 266 g/mol. The van der Waals surface area contributed by atoms with Crippen molar-refractivity contribution < 1.29 is 4.79 Å². The molecule has 0 aliphatic heterocycles. The summed E-state index contributed by atoms with van der Waals surface area (Å²) in [5, 5.41) is 4.31. The van der Waals surface area contributed by atoms with Crippen LogP contribution in [0.1, 0.15) is 42.1 Å². The molecule has 20 heavy (non-hydrogen) atoms. The highest BCUT2D eigenvalue weighted by Crippen LogP contribution is 2.35. The van der Waals surface area contributed by atoms with Gasteiger partial charge in [0.05, 0.1) is 0 Å². The van der Waals surface area contributed by atoms with Crippen LogP contribution < -0.4 is 4.90 Å². The van der Waals surface area contributed by atoms with Gasteiger partial charge in [-0.3, -0.25) is 4.79 Å². The van der Waals surface area contributed by atoms with Gasteiger partial charge in [-0.25, -0.2) is 0 Å². The van der Waals surface area contributed by atoms with E-state index in [0.717, 1.165) is 17.8 Å². The molecule has 0 spiro atoms. The summed E-state index contributed by atoms with van der Waals surface area (Å²) in [5.74, 6) is 0.233. The SMILES string of the molecule is CCC(=O)c1ccccc1N(Cc1ccsc1)C1CC1. The third kappa shape index (κ3) is 2.78. The normalized spacial score (nSPS) is 14.2. The van der Waals surface area contributed by atoms with Crippen LogP contribution in [-0.2, 0) is 6.54 Å². The van der Waals surface area contributed by atoms with Crippen molar-refractivity contribution in [1.82, 2.24) is 0 Å². The van der Waals surface area contributed by atoms with Gasteiger partial charge in [-0.1, -0.05) is 19.1 Å². The van der Waals surface area contributed by atoms with Gasteiger partial charge in [-0.05, 0) is 47.4 Å². The van der Waals surface area contributed by atoms with Crippen LogP contribution in [0.3, 0.4) is 0 Å². The van der Waals surface area contributed by atoms with Crippen LogP contribution in [-0.4, -0.2) is 11.8 Å². The smallest absolute Gasteiger partial charge is 0.164 e. The van der Waals surface area contributed by atoms with Crippen molar-refractivity contribution >= 4 is 22.8 Å². The number of hydrogen-bond acceptors (Lipinski definition) is 3. The van der Waals surface area contributed by atoms with E-state index in [9.17, 15) is 4.79 Å². The molecule has 0 amide bonds. The molecule has 3 rings (SSSR count). The van der Waals surface area contributed by atoms with Gasteiger partial charge < -0.3 is 4.90 Å². The van der Waals surface area contributed by atoms with E-state index < -0.39 is 0 Å². The largest absolute Gasteiger partial charge is 0.364 e. The molecule has 2 aromatic rings. The number of rotatable bonds is 6. The Bertz CT molecular complexity index is 587. The minimum absolute atomic E-state index is 0.233. The first kappa shape index (κ1) is 13.4. The molecular formula is C17H19NOS. The second-order valence-corrected chi connectivity index (χ2v) is 6.06. The number of para-hydroxylation sites is 1. The van der Waals surface area contributed by atoms with Crippen molar-refractivity contribution in [2.75, 3.05) is 4.90 Å². The van der Waals surface area contributed by atoms with E-state index in [4.69, 9.17) is 0 Å². The van der Waals surface area contributed by atoms with Crippen LogP contribution in [0.5, 0.6) is 0 Å². The first-order chi connectivity index (χ1) is 9.79. The van der Waals surface area contributed by atoms with Crippen molar-refractivity contribution in [3.8, 4) is 0 Å². The predicted molar refractivity (Wildman–Crippen MR) is 84.6 cm³/mol. The Kier molecular flexibility index (Phi) is 3.88. The van der Waals surface area contributed by atoms with Gasteiger partial charge in [0, 0.05) is 30.3 Å². The monoisotopic (exact) mass is 285 g/mol. The summed E-state index contributed by atoms with van der Waals surface area (Å²) in [5.41, 5.74) is 3.31. The number of hydrogen-bond donors (Lipinski definition) is 0. The number of anilines is 1. The fraction of sp³-hybridized carbons (Fsp3) is 0.353. The van der Waals surface area contributed by atoms with Crippen molar-refractivity contribution in [2.24, 2.45) is 0 Å². The van der Waals surface area contributed by atoms with Gasteiger partial charge in [-0.2, -0.15) is 11.3 Å². The zero-order chi connectivity index (χ0) is 13.9. The Morgan fingerprint density at radius 2 is 2.10 bits per heavy atom. The van der Waals surface area contributed by atoms with E-state index in [2.05, 4.69) is 27.8 Å². The van der Waals surface area contributed by atoms with E-state index in [1.54, 1.807) is 11.3 Å². The molecule has 3 heteroatoms. The predicted octanol–water partition coefficient (Wildman–Crippen LogP) is 4.51. The van der Waals surface area contributed by atoms with E-state index in [1.165, 1.54) is 18.4 Å². The summed E-state index contributed by atoms with van der Waals surface area (Å²) in [4.78, 5) is 14.6. The molecule has 1 saturated carbocycles. The molecule has 1 aromatic heterocycles. The minimum atomic E-state index is 0.233. The third-order valence-electron chi connectivity index (χ3n) is 3.76. The van der Waals surface area contributed by atoms with E-state index >= 15 is 0 Å². The second-order valence-electron chi connectivity index (χ2n) is 5.28. The molecule has 0 radical (unpaired) electrons. The molecule has 2 nitrogen and oxygen atoms in total. The lowest BCUT2D eigenvalue weighted by Gasteiger charge is -2.26. The Labute approximate surface area is 124 Å². The summed E-state index contributed by atoms with van der Waals surface area (Å²) in [7, 11) is 0. The standard InChI is InChI=1S/C17H19NOS/c1-2-17(19)15-5-3-4-6-16(15)18(14-7-8-14)11-13-9-10-20-12-13/h3-6,9-10,12,14H,2,7-8,11H2,1H3. The number of carbonyl (C=O) groups is 1. The maximum Gasteiger partial charge on any atom is 0.164 e. The van der Waals surface area contributed by atoms with Gasteiger partial charge in [0.2, 0.25) is 0 Å². The Morgan fingerprint density at radius 1 is 1.30 bits per heavy atom. The van der Waals surface area contributed by atoms with Gasteiger partial charge in [0.25, 0.3) is 0 Å². The zero-order valence-electron chi connectivity index (χ0n) is 11.7. The minimum Gasteiger partial charge on any atom is -0.364 e. The van der Waals surface area contributed by atoms with Crippen molar-refractivity contribution in [2.45, 2.75) is 38.8 Å². The molecule has 1 heterocycles. The average molecular weight is 285 g/mol. The molecule has 1 aliphatic rings. The highest BCUT2D eigenvalue weighted by atomic mass is 32.1. The molecule has 1 aromatic carbocycles. The molecule has 104 valence electrons. The number of carbonyl (C=O) groups excluding carboxylic acids is 1. The van der Waals surface area contributed by atoms with Crippen LogP contribution in [0.2, 0.25) is 0 Å². The van der Waals surface area contributed by atoms with Crippen LogP contribution in [0.4, 0.5) is 5.69 Å². The molecule has 0 bridgehead atoms. The number of thiophene rings is 1. The maximum absolute atomic E-state index is 12.2. The van der Waals surface area contributed by atoms with Gasteiger partial charge in [0.15, 0.2) is 5.78 Å². The Morgan fingerprint density at radius 3 is 2.75 bits per heavy atom. The zero-order valence-corrected chi connectivity index (χ0v) is 12.5. The molecule has 0 N–H and O–H groups in total. The summed E-state index contributed by atoms with van der Waals surface area (Å²) >= 11 is 1.73. The van der Waals surface area contributed by atoms with Gasteiger partial charge >= 0.3 is 0 Å².